The van der Waals surface area contributed by atoms with E-state index in [4.69, 9.17) is 12.2 Å². The molecule has 1 saturated heterocycles. The topological polar surface area (TPSA) is 69.7 Å². The van der Waals surface area contributed by atoms with E-state index in [2.05, 4.69) is 35.7 Å². The molecule has 0 aliphatic carbocycles. The Morgan fingerprint density at radius 3 is 2.46 bits per heavy atom. The van der Waals surface area contributed by atoms with E-state index in [1.54, 1.807) is 24.3 Å². The largest absolute Gasteiger partial charge is 0.375 e. The van der Waals surface area contributed by atoms with E-state index in [1.807, 2.05) is 24.3 Å². The van der Waals surface area contributed by atoms with Crippen LogP contribution in [-0.2, 0) is 20.6 Å². The van der Waals surface area contributed by atoms with E-state index in [0.29, 0.717) is 14.8 Å². The zero-order valence-electron chi connectivity index (χ0n) is 20.3. The highest BCUT2D eigenvalue weighted by Gasteiger charge is 2.31. The fourth-order valence-corrected chi connectivity index (χ4v) is 6.18. The number of nitrogens with zero attached hydrogens (tertiary/aromatic N) is 2. The Labute approximate surface area is 218 Å². The SMILES string of the molecule is CCCCCCN(C)c1ccc(/C=C2\SC(=S)N(CCNS(=O)(=O)Cc3ccccc3)C2=O)cc1. The van der Waals surface area contributed by atoms with Crippen LogP contribution in [0.15, 0.2) is 59.5 Å². The standard InChI is InChI=1S/C26H33N3O3S3/c1-3-4-5-9-17-28(2)23-14-12-21(13-15-23)19-24-25(30)29(26(33)34-24)18-16-27-35(31,32)20-22-10-7-6-8-11-22/h6-8,10-15,19,27H,3-5,9,16-18,20H2,1-2H3/b24-19-. The van der Waals surface area contributed by atoms with Crippen LogP contribution in [-0.4, -0.2) is 50.2 Å². The van der Waals surface area contributed by atoms with Gasteiger partial charge in [-0.3, -0.25) is 9.69 Å². The van der Waals surface area contributed by atoms with Crippen molar-refractivity contribution in [3.63, 3.8) is 0 Å². The van der Waals surface area contributed by atoms with Crippen molar-refractivity contribution in [3.05, 3.63) is 70.6 Å². The molecule has 1 N–H and O–H groups in total. The fourth-order valence-electron chi connectivity index (χ4n) is 3.73. The number of unbranched alkanes of at least 4 members (excludes halogenated alkanes) is 3. The highest BCUT2D eigenvalue weighted by atomic mass is 32.2. The smallest absolute Gasteiger partial charge is 0.266 e. The number of carbonyl (C=O) groups excluding carboxylic acids is 1. The average Bonchev–Trinajstić information content (AvgIpc) is 3.09. The molecule has 0 saturated carbocycles. The molecule has 0 bridgehead atoms. The van der Waals surface area contributed by atoms with Gasteiger partial charge >= 0.3 is 0 Å². The highest BCUT2D eigenvalue weighted by Crippen LogP contribution is 2.32. The molecule has 0 atom stereocenters. The summed E-state index contributed by atoms with van der Waals surface area (Å²) in [4.78, 5) is 17.1. The lowest BCUT2D eigenvalue weighted by Gasteiger charge is -2.19. The fraction of sp³-hybridized carbons (Fsp3) is 0.385. The first-order chi connectivity index (χ1) is 16.8. The minimum atomic E-state index is -3.50. The van der Waals surface area contributed by atoms with E-state index in [9.17, 15) is 13.2 Å². The molecule has 2 aromatic rings. The molecule has 0 radical (unpaired) electrons. The maximum atomic E-state index is 12.9. The number of benzene rings is 2. The number of thiocarbonyl (C=S) groups is 1. The number of hydrogen-bond acceptors (Lipinski definition) is 6. The number of amides is 1. The molecule has 1 fully saturated rings. The third-order valence-electron chi connectivity index (χ3n) is 5.71. The van der Waals surface area contributed by atoms with E-state index in [1.165, 1.54) is 42.3 Å². The second kappa shape index (κ2) is 13.2. The van der Waals surface area contributed by atoms with Crippen LogP contribution >= 0.6 is 24.0 Å². The van der Waals surface area contributed by atoms with Crippen LogP contribution in [0.4, 0.5) is 5.69 Å². The number of carbonyl (C=O) groups is 1. The first-order valence-corrected chi connectivity index (χ1v) is 14.7. The third kappa shape index (κ3) is 8.45. The van der Waals surface area contributed by atoms with Crippen LogP contribution in [0.2, 0.25) is 0 Å². The van der Waals surface area contributed by atoms with E-state index in [-0.39, 0.29) is 24.7 Å². The van der Waals surface area contributed by atoms with E-state index < -0.39 is 10.0 Å². The van der Waals surface area contributed by atoms with Crippen LogP contribution < -0.4 is 9.62 Å². The molecule has 0 unspecified atom stereocenters. The van der Waals surface area contributed by atoms with E-state index in [0.717, 1.165) is 17.8 Å². The van der Waals surface area contributed by atoms with Gasteiger partial charge in [0.05, 0.1) is 10.7 Å². The molecule has 188 valence electrons. The Kier molecular flexibility index (Phi) is 10.3. The Morgan fingerprint density at radius 2 is 1.77 bits per heavy atom. The number of sulfonamides is 1. The number of thioether (sulfide) groups is 1. The molecule has 1 aliphatic rings. The third-order valence-corrected chi connectivity index (χ3v) is 8.44. The Morgan fingerprint density at radius 1 is 1.06 bits per heavy atom. The van der Waals surface area contributed by atoms with Crippen molar-refractivity contribution in [3.8, 4) is 0 Å². The summed E-state index contributed by atoms with van der Waals surface area (Å²) in [7, 11) is -1.40. The van der Waals surface area contributed by atoms with E-state index >= 15 is 0 Å². The van der Waals surface area contributed by atoms with Crippen molar-refractivity contribution in [1.82, 2.24) is 9.62 Å². The lowest BCUT2D eigenvalue weighted by atomic mass is 10.1. The van der Waals surface area contributed by atoms with Gasteiger partial charge in [0.2, 0.25) is 10.0 Å². The summed E-state index contributed by atoms with van der Waals surface area (Å²) in [6.45, 7) is 3.53. The second-order valence-electron chi connectivity index (χ2n) is 8.55. The molecule has 2 aromatic carbocycles. The zero-order chi connectivity index (χ0) is 25.3. The summed E-state index contributed by atoms with van der Waals surface area (Å²) in [5, 5.41) is 0. The zero-order valence-corrected chi connectivity index (χ0v) is 22.7. The Balaban J connectivity index is 1.52. The number of rotatable bonds is 13. The van der Waals surface area contributed by atoms with Gasteiger partial charge in [0, 0.05) is 32.4 Å². The molecule has 1 aliphatic heterocycles. The highest BCUT2D eigenvalue weighted by molar-refractivity contribution is 8.26. The average molecular weight is 532 g/mol. The van der Waals surface area contributed by atoms with Crippen LogP contribution in [0.5, 0.6) is 0 Å². The van der Waals surface area contributed by atoms with Gasteiger partial charge in [0.25, 0.3) is 5.91 Å². The second-order valence-corrected chi connectivity index (χ2v) is 12.0. The molecule has 1 heterocycles. The van der Waals surface area contributed by atoms with Crippen molar-refractivity contribution in [2.24, 2.45) is 0 Å². The summed E-state index contributed by atoms with van der Waals surface area (Å²) >= 11 is 6.62. The van der Waals surface area contributed by atoms with Crippen molar-refractivity contribution >= 4 is 56.0 Å². The number of nitrogens with one attached hydrogen (secondary N) is 1. The van der Waals surface area contributed by atoms with Crippen molar-refractivity contribution in [2.45, 2.75) is 38.4 Å². The van der Waals surface area contributed by atoms with Crippen LogP contribution in [0.25, 0.3) is 6.08 Å². The summed E-state index contributed by atoms with van der Waals surface area (Å²) < 4.78 is 27.7. The van der Waals surface area contributed by atoms with Gasteiger partial charge in [-0.2, -0.15) is 0 Å². The maximum Gasteiger partial charge on any atom is 0.266 e. The van der Waals surface area contributed by atoms with Gasteiger partial charge in [-0.25, -0.2) is 13.1 Å². The maximum absolute atomic E-state index is 12.9. The van der Waals surface area contributed by atoms with Crippen molar-refractivity contribution < 1.29 is 13.2 Å². The van der Waals surface area contributed by atoms with Gasteiger partial charge < -0.3 is 4.90 Å². The molecule has 35 heavy (non-hydrogen) atoms. The lowest BCUT2D eigenvalue weighted by molar-refractivity contribution is -0.122. The molecule has 3 rings (SSSR count). The first kappa shape index (κ1) is 27.4. The summed E-state index contributed by atoms with van der Waals surface area (Å²) in [5.41, 5.74) is 2.79. The van der Waals surface area contributed by atoms with Gasteiger partial charge in [0.15, 0.2) is 0 Å². The molecule has 9 heteroatoms. The quantitative estimate of drug-likeness (QED) is 0.222. The van der Waals surface area contributed by atoms with Crippen molar-refractivity contribution in [2.75, 3.05) is 31.6 Å². The summed E-state index contributed by atoms with van der Waals surface area (Å²) in [6.07, 6.45) is 6.76. The summed E-state index contributed by atoms with van der Waals surface area (Å²) in [5.74, 6) is -0.296. The van der Waals surface area contributed by atoms with Gasteiger partial charge in [0.1, 0.15) is 4.32 Å². The van der Waals surface area contributed by atoms with Crippen LogP contribution in [0, 0.1) is 0 Å². The molecular formula is C26H33N3O3S3. The van der Waals surface area contributed by atoms with Crippen molar-refractivity contribution in [1.29, 1.82) is 0 Å². The van der Waals surface area contributed by atoms with Crippen LogP contribution in [0.3, 0.4) is 0 Å². The number of hydrogen-bond donors (Lipinski definition) is 1. The molecule has 1 amide bonds. The van der Waals surface area contributed by atoms with Gasteiger partial charge in [-0.05, 0) is 35.8 Å². The predicted molar refractivity (Wildman–Crippen MR) is 151 cm³/mol. The Hall–Kier alpha value is -2.20. The van der Waals surface area contributed by atoms with Crippen LogP contribution in [0.1, 0.15) is 43.7 Å². The van der Waals surface area contributed by atoms with Gasteiger partial charge in [-0.1, -0.05) is 92.6 Å². The first-order valence-electron chi connectivity index (χ1n) is 11.9. The molecular weight excluding hydrogens is 499 g/mol. The Bertz CT molecular complexity index is 1130. The lowest BCUT2D eigenvalue weighted by Crippen LogP contribution is -2.37. The normalized spacial score (nSPS) is 15.3. The molecule has 6 nitrogen and oxygen atoms in total. The monoisotopic (exact) mass is 531 g/mol. The number of anilines is 1. The minimum absolute atomic E-state index is 0.101. The predicted octanol–water partition coefficient (Wildman–Crippen LogP) is 5.02. The van der Waals surface area contributed by atoms with Gasteiger partial charge in [-0.15, -0.1) is 0 Å². The minimum Gasteiger partial charge on any atom is -0.375 e. The summed E-state index contributed by atoms with van der Waals surface area (Å²) in [6, 6.07) is 17.1. The molecule has 0 aromatic heterocycles. The molecule has 0 spiro atoms.